The summed E-state index contributed by atoms with van der Waals surface area (Å²) in [6.45, 7) is 2.97. The van der Waals surface area contributed by atoms with Crippen molar-refractivity contribution in [2.45, 2.75) is 31.4 Å². The zero-order valence-electron chi connectivity index (χ0n) is 12.4. The van der Waals surface area contributed by atoms with Gasteiger partial charge in [-0.2, -0.15) is 0 Å². The summed E-state index contributed by atoms with van der Waals surface area (Å²) in [5.74, 6) is 0.690. The second-order valence-corrected chi connectivity index (χ2v) is 5.36. The Morgan fingerprint density at radius 3 is 2.67 bits per heavy atom. The molecule has 0 aromatic heterocycles. The lowest BCUT2D eigenvalue weighted by Gasteiger charge is -2.24. The number of carbonyl (C=O) groups is 1. The minimum Gasteiger partial charge on any atom is -0.497 e. The third kappa shape index (κ3) is 4.33. The number of rotatable bonds is 5. The second kappa shape index (κ2) is 7.64. The van der Waals surface area contributed by atoms with E-state index in [1.165, 1.54) is 0 Å². The van der Waals surface area contributed by atoms with E-state index < -0.39 is 11.6 Å². The summed E-state index contributed by atoms with van der Waals surface area (Å²) in [7, 11) is 1.60. The first kappa shape index (κ1) is 17.8. The van der Waals surface area contributed by atoms with Crippen LogP contribution < -0.4 is 15.4 Å². The Morgan fingerprint density at radius 2 is 2.14 bits per heavy atom. The summed E-state index contributed by atoms with van der Waals surface area (Å²) in [6.07, 6.45) is 1.12. The maximum Gasteiger partial charge on any atom is 0.240 e. The molecule has 0 bridgehead atoms. The number of benzene rings is 1. The molecular weight excluding hydrogens is 292 g/mol. The van der Waals surface area contributed by atoms with Gasteiger partial charge in [0.05, 0.1) is 18.8 Å². The first-order valence-corrected chi connectivity index (χ1v) is 6.90. The maximum atomic E-state index is 12.1. The minimum absolute atomic E-state index is 0. The fourth-order valence-corrected chi connectivity index (χ4v) is 2.42. The number of ether oxygens (including phenoxy) is 1. The van der Waals surface area contributed by atoms with Gasteiger partial charge < -0.3 is 20.5 Å². The summed E-state index contributed by atoms with van der Waals surface area (Å²) < 4.78 is 5.07. The van der Waals surface area contributed by atoms with Crippen molar-refractivity contribution in [2.24, 2.45) is 0 Å². The van der Waals surface area contributed by atoms with Crippen LogP contribution in [0.3, 0.4) is 0 Å². The summed E-state index contributed by atoms with van der Waals surface area (Å²) in [5.41, 5.74) is 0.259. The van der Waals surface area contributed by atoms with E-state index >= 15 is 0 Å². The van der Waals surface area contributed by atoms with E-state index in [2.05, 4.69) is 10.6 Å². The fraction of sp³-hybridized carbons (Fsp3) is 0.533. The molecule has 3 N–H and O–H groups in total. The molecule has 1 aromatic carbocycles. The van der Waals surface area contributed by atoms with E-state index in [0.717, 1.165) is 30.7 Å². The first-order valence-electron chi connectivity index (χ1n) is 6.90. The Kier molecular flexibility index (Phi) is 6.45. The van der Waals surface area contributed by atoms with Gasteiger partial charge in [0, 0.05) is 6.54 Å². The molecule has 6 heteroatoms. The van der Waals surface area contributed by atoms with Crippen LogP contribution in [0.25, 0.3) is 0 Å². The van der Waals surface area contributed by atoms with Crippen LogP contribution >= 0.6 is 12.4 Å². The smallest absolute Gasteiger partial charge is 0.240 e. The molecule has 2 rings (SSSR count). The molecule has 5 nitrogen and oxygen atoms in total. The highest BCUT2D eigenvalue weighted by atomic mass is 35.5. The molecule has 0 spiro atoms. The van der Waals surface area contributed by atoms with Crippen LogP contribution in [0.2, 0.25) is 0 Å². The van der Waals surface area contributed by atoms with Crippen LogP contribution in [0.4, 0.5) is 0 Å². The number of hydrogen-bond donors (Lipinski definition) is 3. The van der Waals surface area contributed by atoms with E-state index in [9.17, 15) is 9.90 Å². The highest BCUT2D eigenvalue weighted by Gasteiger charge is 2.35. The topological polar surface area (TPSA) is 70.6 Å². The average molecular weight is 315 g/mol. The molecule has 1 aliphatic heterocycles. The summed E-state index contributed by atoms with van der Waals surface area (Å²) in [5, 5.41) is 16.1. The standard InChI is InChI=1S/C15H22N2O3.ClH/c1-15(8-3-9-17-15)14(19)16-10-13(18)11-4-6-12(20-2)7-5-11;/h4-7,13,17-18H,3,8-10H2,1-2H3,(H,16,19);1H. The fourth-order valence-electron chi connectivity index (χ4n) is 2.42. The Hall–Kier alpha value is -1.30. The molecule has 1 amide bonds. The number of amides is 1. The number of aliphatic hydroxyl groups is 1. The van der Waals surface area contributed by atoms with Gasteiger partial charge in [-0.05, 0) is 44.0 Å². The van der Waals surface area contributed by atoms with Crippen molar-refractivity contribution in [1.29, 1.82) is 0 Å². The Morgan fingerprint density at radius 1 is 1.48 bits per heavy atom. The van der Waals surface area contributed by atoms with E-state index in [-0.39, 0.29) is 24.9 Å². The van der Waals surface area contributed by atoms with Crippen LogP contribution in [-0.2, 0) is 4.79 Å². The van der Waals surface area contributed by atoms with Gasteiger partial charge in [0.2, 0.25) is 5.91 Å². The van der Waals surface area contributed by atoms with Gasteiger partial charge in [-0.15, -0.1) is 12.4 Å². The predicted octanol–water partition coefficient (Wildman–Crippen LogP) is 1.41. The molecule has 118 valence electrons. The molecule has 2 atom stereocenters. The van der Waals surface area contributed by atoms with Gasteiger partial charge in [0.25, 0.3) is 0 Å². The molecule has 1 heterocycles. The summed E-state index contributed by atoms with van der Waals surface area (Å²) in [6, 6.07) is 7.18. The number of aliphatic hydroxyl groups excluding tert-OH is 1. The molecule has 0 saturated carbocycles. The molecule has 21 heavy (non-hydrogen) atoms. The van der Waals surface area contributed by atoms with Crippen molar-refractivity contribution in [3.63, 3.8) is 0 Å². The third-order valence-corrected chi connectivity index (χ3v) is 3.83. The highest BCUT2D eigenvalue weighted by molar-refractivity contribution is 5.86. The number of halogens is 1. The van der Waals surface area contributed by atoms with Crippen LogP contribution in [0.5, 0.6) is 5.75 Å². The molecule has 2 unspecified atom stereocenters. The van der Waals surface area contributed by atoms with Gasteiger partial charge in [0.15, 0.2) is 0 Å². The van der Waals surface area contributed by atoms with E-state index in [4.69, 9.17) is 4.74 Å². The third-order valence-electron chi connectivity index (χ3n) is 3.83. The SMILES string of the molecule is COc1ccc(C(O)CNC(=O)C2(C)CCCN2)cc1.Cl. The molecule has 1 aliphatic rings. The lowest BCUT2D eigenvalue weighted by molar-refractivity contribution is -0.127. The normalized spacial score (nSPS) is 22.2. The number of nitrogens with one attached hydrogen (secondary N) is 2. The van der Waals surface area contributed by atoms with Crippen molar-refractivity contribution in [3.05, 3.63) is 29.8 Å². The minimum atomic E-state index is -0.713. The van der Waals surface area contributed by atoms with E-state index in [1.807, 2.05) is 6.92 Å². The van der Waals surface area contributed by atoms with Gasteiger partial charge >= 0.3 is 0 Å². The molecule has 1 saturated heterocycles. The molecular formula is C15H23ClN2O3. The van der Waals surface area contributed by atoms with Crippen molar-refractivity contribution in [3.8, 4) is 5.75 Å². The van der Waals surface area contributed by atoms with Crippen molar-refractivity contribution < 1.29 is 14.6 Å². The zero-order chi connectivity index (χ0) is 14.6. The second-order valence-electron chi connectivity index (χ2n) is 5.36. The summed E-state index contributed by atoms with van der Waals surface area (Å²) in [4.78, 5) is 12.1. The van der Waals surface area contributed by atoms with Crippen molar-refractivity contribution in [2.75, 3.05) is 20.2 Å². The summed E-state index contributed by atoms with van der Waals surface area (Å²) >= 11 is 0. The molecule has 1 aromatic rings. The van der Waals surface area contributed by atoms with Crippen LogP contribution in [0.15, 0.2) is 24.3 Å². The van der Waals surface area contributed by atoms with Crippen LogP contribution in [-0.4, -0.2) is 36.8 Å². The Labute approximate surface area is 131 Å². The lowest BCUT2D eigenvalue weighted by Crippen LogP contribution is -2.51. The number of methoxy groups -OCH3 is 1. The van der Waals surface area contributed by atoms with Gasteiger partial charge in [-0.1, -0.05) is 12.1 Å². The predicted molar refractivity (Wildman–Crippen MR) is 83.9 cm³/mol. The molecule has 1 fully saturated rings. The first-order chi connectivity index (χ1) is 9.55. The molecule has 0 radical (unpaired) electrons. The maximum absolute atomic E-state index is 12.1. The molecule has 0 aliphatic carbocycles. The quantitative estimate of drug-likeness (QED) is 0.768. The monoisotopic (exact) mass is 314 g/mol. The largest absolute Gasteiger partial charge is 0.497 e. The van der Waals surface area contributed by atoms with Gasteiger partial charge in [-0.3, -0.25) is 4.79 Å². The van der Waals surface area contributed by atoms with Crippen molar-refractivity contribution in [1.82, 2.24) is 10.6 Å². The van der Waals surface area contributed by atoms with Crippen LogP contribution in [0.1, 0.15) is 31.4 Å². The zero-order valence-corrected chi connectivity index (χ0v) is 13.2. The highest BCUT2D eigenvalue weighted by Crippen LogP contribution is 2.20. The van der Waals surface area contributed by atoms with Crippen LogP contribution in [0, 0.1) is 0 Å². The number of hydrogen-bond acceptors (Lipinski definition) is 4. The van der Waals surface area contributed by atoms with E-state index in [0.29, 0.717) is 0 Å². The van der Waals surface area contributed by atoms with Crippen molar-refractivity contribution >= 4 is 18.3 Å². The lowest BCUT2D eigenvalue weighted by atomic mass is 9.99. The van der Waals surface area contributed by atoms with Gasteiger partial charge in [0.1, 0.15) is 5.75 Å². The van der Waals surface area contributed by atoms with E-state index in [1.54, 1.807) is 31.4 Å². The number of carbonyl (C=O) groups excluding carboxylic acids is 1. The Bertz CT molecular complexity index is 458. The van der Waals surface area contributed by atoms with Gasteiger partial charge in [-0.25, -0.2) is 0 Å². The Balaban J connectivity index is 0.00000220. The average Bonchev–Trinajstić information content (AvgIpc) is 2.92.